The van der Waals surface area contributed by atoms with Crippen molar-refractivity contribution in [2.75, 3.05) is 5.73 Å². The number of alkyl halides is 3. The van der Waals surface area contributed by atoms with Crippen LogP contribution >= 0.6 is 0 Å². The van der Waals surface area contributed by atoms with Crippen molar-refractivity contribution in [3.63, 3.8) is 0 Å². The Morgan fingerprint density at radius 1 is 1.25 bits per heavy atom. The monoisotopic (exact) mass is 233 g/mol. The number of halogens is 3. The van der Waals surface area contributed by atoms with E-state index in [0.717, 1.165) is 6.07 Å². The molecular formula is C11H14F3NO. The number of hydrogen-bond acceptors (Lipinski definition) is 2. The molecule has 0 bridgehead atoms. The first-order valence-corrected chi connectivity index (χ1v) is 4.85. The summed E-state index contributed by atoms with van der Waals surface area (Å²) >= 11 is 0. The summed E-state index contributed by atoms with van der Waals surface area (Å²) in [6.07, 6.45) is -4.51. The molecule has 16 heavy (non-hydrogen) atoms. The summed E-state index contributed by atoms with van der Waals surface area (Å²) in [6.45, 7) is 4.95. The molecule has 0 aliphatic carbocycles. The smallest absolute Gasteiger partial charge is 0.416 e. The SMILES string of the molecule is Cc1cc(OC(C)C)c(N)cc1C(F)(F)F. The summed E-state index contributed by atoms with van der Waals surface area (Å²) < 4.78 is 42.9. The van der Waals surface area contributed by atoms with Crippen molar-refractivity contribution < 1.29 is 17.9 Å². The maximum Gasteiger partial charge on any atom is 0.416 e. The normalized spacial score (nSPS) is 11.9. The minimum absolute atomic E-state index is 0.00613. The zero-order chi connectivity index (χ0) is 12.5. The van der Waals surface area contributed by atoms with Gasteiger partial charge < -0.3 is 10.5 Å². The van der Waals surface area contributed by atoms with E-state index in [2.05, 4.69) is 0 Å². The number of ether oxygens (including phenoxy) is 1. The van der Waals surface area contributed by atoms with Crippen molar-refractivity contribution in [2.45, 2.75) is 33.1 Å². The minimum Gasteiger partial charge on any atom is -0.489 e. The Hall–Kier alpha value is -1.39. The first-order valence-electron chi connectivity index (χ1n) is 4.85. The molecule has 1 aromatic carbocycles. The van der Waals surface area contributed by atoms with Crippen LogP contribution in [0, 0.1) is 6.92 Å². The van der Waals surface area contributed by atoms with Gasteiger partial charge in [-0.25, -0.2) is 0 Å². The molecule has 2 N–H and O–H groups in total. The van der Waals surface area contributed by atoms with Gasteiger partial charge in [0.1, 0.15) is 5.75 Å². The Balaban J connectivity index is 3.17. The first-order chi connectivity index (χ1) is 7.21. The molecule has 90 valence electrons. The van der Waals surface area contributed by atoms with Crippen LogP contribution in [0.2, 0.25) is 0 Å². The summed E-state index contributed by atoms with van der Waals surface area (Å²) in [5, 5.41) is 0. The third-order valence-electron chi connectivity index (χ3n) is 2.02. The third kappa shape index (κ3) is 2.81. The van der Waals surface area contributed by atoms with Crippen LogP contribution in [0.5, 0.6) is 5.75 Å². The molecule has 0 unspecified atom stereocenters. The first kappa shape index (κ1) is 12.7. The zero-order valence-corrected chi connectivity index (χ0v) is 9.35. The number of nitrogen functional groups attached to an aromatic ring is 1. The highest BCUT2D eigenvalue weighted by Crippen LogP contribution is 2.36. The van der Waals surface area contributed by atoms with Gasteiger partial charge in [-0.1, -0.05) is 0 Å². The van der Waals surface area contributed by atoms with E-state index in [1.807, 2.05) is 0 Å². The quantitative estimate of drug-likeness (QED) is 0.795. The van der Waals surface area contributed by atoms with E-state index >= 15 is 0 Å². The van der Waals surface area contributed by atoms with Crippen LogP contribution in [-0.4, -0.2) is 6.10 Å². The minimum atomic E-state index is -4.38. The fourth-order valence-corrected chi connectivity index (χ4v) is 1.36. The van der Waals surface area contributed by atoms with Gasteiger partial charge in [-0.15, -0.1) is 0 Å². The van der Waals surface area contributed by atoms with E-state index in [-0.39, 0.29) is 17.4 Å². The molecule has 0 spiro atoms. The van der Waals surface area contributed by atoms with Crippen molar-refractivity contribution in [3.8, 4) is 5.75 Å². The Kier molecular flexibility index (Phi) is 3.35. The van der Waals surface area contributed by atoms with E-state index in [1.54, 1.807) is 13.8 Å². The summed E-state index contributed by atoms with van der Waals surface area (Å²) in [5.74, 6) is 0.292. The Morgan fingerprint density at radius 3 is 2.25 bits per heavy atom. The van der Waals surface area contributed by atoms with Crippen molar-refractivity contribution in [1.29, 1.82) is 0 Å². The number of rotatable bonds is 2. The molecule has 0 heterocycles. The largest absolute Gasteiger partial charge is 0.489 e. The van der Waals surface area contributed by atoms with Gasteiger partial charge in [0.05, 0.1) is 17.4 Å². The van der Waals surface area contributed by atoms with Gasteiger partial charge in [0.25, 0.3) is 0 Å². The van der Waals surface area contributed by atoms with Crippen molar-refractivity contribution >= 4 is 5.69 Å². The maximum atomic E-state index is 12.5. The van der Waals surface area contributed by atoms with Crippen molar-refractivity contribution in [2.24, 2.45) is 0 Å². The second-order valence-corrected chi connectivity index (χ2v) is 3.87. The molecule has 0 radical (unpaired) electrons. The van der Waals surface area contributed by atoms with Crippen LogP contribution < -0.4 is 10.5 Å². The lowest BCUT2D eigenvalue weighted by Gasteiger charge is -2.16. The summed E-state index contributed by atoms with van der Waals surface area (Å²) in [7, 11) is 0. The molecular weight excluding hydrogens is 219 g/mol. The molecule has 0 fully saturated rings. The topological polar surface area (TPSA) is 35.2 Å². The number of aryl methyl sites for hydroxylation is 1. The van der Waals surface area contributed by atoms with E-state index in [0.29, 0.717) is 5.75 Å². The van der Waals surface area contributed by atoms with Gasteiger partial charge in [-0.2, -0.15) is 13.2 Å². The predicted molar refractivity (Wildman–Crippen MR) is 56.4 cm³/mol. The number of anilines is 1. The highest BCUT2D eigenvalue weighted by Gasteiger charge is 2.33. The van der Waals surface area contributed by atoms with Gasteiger partial charge in [-0.3, -0.25) is 0 Å². The van der Waals surface area contributed by atoms with Crippen LogP contribution in [0.25, 0.3) is 0 Å². The van der Waals surface area contributed by atoms with Gasteiger partial charge in [0.15, 0.2) is 0 Å². The molecule has 0 aliphatic heterocycles. The highest BCUT2D eigenvalue weighted by atomic mass is 19.4. The number of benzene rings is 1. The highest BCUT2D eigenvalue weighted by molar-refractivity contribution is 5.57. The molecule has 1 rings (SSSR count). The lowest BCUT2D eigenvalue weighted by Crippen LogP contribution is -2.11. The zero-order valence-electron chi connectivity index (χ0n) is 9.35. The van der Waals surface area contributed by atoms with Crippen LogP contribution in [0.3, 0.4) is 0 Å². The van der Waals surface area contributed by atoms with Crippen molar-refractivity contribution in [3.05, 3.63) is 23.3 Å². The fourth-order valence-electron chi connectivity index (χ4n) is 1.36. The Morgan fingerprint density at radius 2 is 1.81 bits per heavy atom. The average molecular weight is 233 g/mol. The molecule has 0 amide bonds. The Labute approximate surface area is 92.2 Å². The predicted octanol–water partition coefficient (Wildman–Crippen LogP) is 3.38. The third-order valence-corrected chi connectivity index (χ3v) is 2.02. The standard InChI is InChI=1S/C11H14F3NO/c1-6(2)16-10-4-7(3)8(5-9(10)15)11(12,13)14/h4-6H,15H2,1-3H3. The molecule has 0 aromatic heterocycles. The second-order valence-electron chi connectivity index (χ2n) is 3.87. The molecule has 0 aliphatic rings. The van der Waals surface area contributed by atoms with E-state index in [9.17, 15) is 13.2 Å². The second kappa shape index (κ2) is 4.23. The molecule has 0 atom stereocenters. The van der Waals surface area contributed by atoms with Crippen LogP contribution in [-0.2, 0) is 6.18 Å². The molecule has 0 saturated carbocycles. The summed E-state index contributed by atoms with van der Waals surface area (Å²) in [6, 6.07) is 2.23. The lowest BCUT2D eigenvalue weighted by molar-refractivity contribution is -0.138. The molecule has 5 heteroatoms. The fraction of sp³-hybridized carbons (Fsp3) is 0.455. The summed E-state index contributed by atoms with van der Waals surface area (Å²) in [4.78, 5) is 0. The van der Waals surface area contributed by atoms with E-state index < -0.39 is 11.7 Å². The van der Waals surface area contributed by atoms with Crippen LogP contribution in [0.4, 0.5) is 18.9 Å². The van der Waals surface area contributed by atoms with Crippen LogP contribution in [0.15, 0.2) is 12.1 Å². The van der Waals surface area contributed by atoms with E-state index in [1.165, 1.54) is 13.0 Å². The molecule has 0 saturated heterocycles. The van der Waals surface area contributed by atoms with Gasteiger partial charge >= 0.3 is 6.18 Å². The summed E-state index contributed by atoms with van der Waals surface area (Å²) in [5.41, 5.74) is 4.90. The average Bonchev–Trinajstić information content (AvgIpc) is 2.07. The Bertz CT molecular complexity index is 386. The van der Waals surface area contributed by atoms with Gasteiger partial charge in [-0.05, 0) is 38.5 Å². The number of nitrogens with two attached hydrogens (primary N) is 1. The van der Waals surface area contributed by atoms with E-state index in [4.69, 9.17) is 10.5 Å². The van der Waals surface area contributed by atoms with Gasteiger partial charge in [0.2, 0.25) is 0 Å². The van der Waals surface area contributed by atoms with Crippen LogP contribution in [0.1, 0.15) is 25.0 Å². The maximum absolute atomic E-state index is 12.5. The van der Waals surface area contributed by atoms with Gasteiger partial charge in [0, 0.05) is 0 Å². The number of hydrogen-bond donors (Lipinski definition) is 1. The molecule has 1 aromatic rings. The molecule has 2 nitrogen and oxygen atoms in total. The lowest BCUT2D eigenvalue weighted by atomic mass is 10.1. The van der Waals surface area contributed by atoms with Crippen molar-refractivity contribution in [1.82, 2.24) is 0 Å².